The molecule has 2 aromatic carbocycles. The van der Waals surface area contributed by atoms with Crippen molar-refractivity contribution in [2.24, 2.45) is 5.16 Å². The van der Waals surface area contributed by atoms with Gasteiger partial charge >= 0.3 is 0 Å². The lowest BCUT2D eigenvalue weighted by Crippen LogP contribution is -1.99. The van der Waals surface area contributed by atoms with E-state index in [1.807, 2.05) is 48.5 Å². The maximum Gasteiger partial charge on any atom is 0.106 e. The van der Waals surface area contributed by atoms with Gasteiger partial charge in [-0.25, -0.2) is 0 Å². The Morgan fingerprint density at radius 2 is 1.63 bits per heavy atom. The molecule has 0 radical (unpaired) electrons. The minimum atomic E-state index is 0.743. The van der Waals surface area contributed by atoms with Gasteiger partial charge in [-0.1, -0.05) is 78.0 Å². The fraction of sp³-hybridized carbons (Fsp3) is 0.118. The molecule has 0 aliphatic rings. The van der Waals surface area contributed by atoms with Crippen LogP contribution in [-0.4, -0.2) is 12.8 Å². The predicted molar refractivity (Wildman–Crippen MR) is 80.1 cm³/mol. The highest BCUT2D eigenvalue weighted by Gasteiger charge is 2.01. The molecule has 0 atom stereocenters. The molecule has 0 saturated carbocycles. The molecule has 2 nitrogen and oxygen atoms in total. The third-order valence-corrected chi connectivity index (χ3v) is 2.73. The molecule has 2 heteroatoms. The van der Waals surface area contributed by atoms with E-state index in [-0.39, 0.29) is 0 Å². The molecule has 0 aliphatic heterocycles. The van der Waals surface area contributed by atoms with E-state index >= 15 is 0 Å². The second kappa shape index (κ2) is 7.17. The van der Waals surface area contributed by atoms with Crippen LogP contribution >= 0.6 is 0 Å². The van der Waals surface area contributed by atoms with Crippen molar-refractivity contribution in [1.82, 2.24) is 0 Å². The topological polar surface area (TPSA) is 21.6 Å². The van der Waals surface area contributed by atoms with E-state index in [4.69, 9.17) is 4.84 Å². The summed E-state index contributed by atoms with van der Waals surface area (Å²) in [5.41, 5.74) is 3.20. The third-order valence-electron chi connectivity index (χ3n) is 2.73. The van der Waals surface area contributed by atoms with Gasteiger partial charge in [0, 0.05) is 6.42 Å². The molecule has 0 bridgehead atoms. The largest absolute Gasteiger partial charge is 0.399 e. The summed E-state index contributed by atoms with van der Waals surface area (Å²) in [5, 5.41) is 4.09. The van der Waals surface area contributed by atoms with E-state index < -0.39 is 0 Å². The Kier molecular flexibility index (Phi) is 4.94. The van der Waals surface area contributed by atoms with Crippen LogP contribution in [0.4, 0.5) is 0 Å². The van der Waals surface area contributed by atoms with E-state index in [2.05, 4.69) is 29.4 Å². The number of oxime groups is 1. The van der Waals surface area contributed by atoms with Gasteiger partial charge in [-0.05, 0) is 11.1 Å². The molecular formula is C17H17NO. The molecule has 0 heterocycles. The SMILES string of the molecule is CO/N=C(/C/C=C/c1ccccc1)c1ccccc1. The van der Waals surface area contributed by atoms with Crippen molar-refractivity contribution >= 4 is 11.8 Å². The summed E-state index contributed by atoms with van der Waals surface area (Å²) >= 11 is 0. The average Bonchev–Trinajstić information content (AvgIpc) is 2.48. The van der Waals surface area contributed by atoms with E-state index in [1.54, 1.807) is 7.11 Å². The lowest BCUT2D eigenvalue weighted by Gasteiger charge is -2.02. The van der Waals surface area contributed by atoms with Crippen molar-refractivity contribution in [2.75, 3.05) is 7.11 Å². The zero-order valence-corrected chi connectivity index (χ0v) is 11.0. The van der Waals surface area contributed by atoms with Crippen LogP contribution in [0.5, 0.6) is 0 Å². The first kappa shape index (κ1) is 13.1. The van der Waals surface area contributed by atoms with E-state index in [1.165, 1.54) is 5.56 Å². The fourth-order valence-electron chi connectivity index (χ4n) is 1.82. The van der Waals surface area contributed by atoms with Gasteiger partial charge in [-0.3, -0.25) is 0 Å². The zero-order chi connectivity index (χ0) is 13.3. The first-order chi connectivity index (χ1) is 9.40. The molecule has 0 aliphatic carbocycles. The highest BCUT2D eigenvalue weighted by atomic mass is 16.6. The van der Waals surface area contributed by atoms with Crippen LogP contribution < -0.4 is 0 Å². The Morgan fingerprint density at radius 1 is 1.00 bits per heavy atom. The summed E-state index contributed by atoms with van der Waals surface area (Å²) in [4.78, 5) is 4.92. The number of hydrogen-bond donors (Lipinski definition) is 0. The number of hydrogen-bond acceptors (Lipinski definition) is 2. The van der Waals surface area contributed by atoms with Gasteiger partial charge in [-0.2, -0.15) is 0 Å². The van der Waals surface area contributed by atoms with Crippen molar-refractivity contribution in [3.8, 4) is 0 Å². The monoisotopic (exact) mass is 251 g/mol. The maximum absolute atomic E-state index is 4.92. The van der Waals surface area contributed by atoms with Crippen molar-refractivity contribution in [3.05, 3.63) is 77.9 Å². The minimum Gasteiger partial charge on any atom is -0.399 e. The Labute approximate surface area is 114 Å². The molecular weight excluding hydrogens is 234 g/mol. The number of nitrogens with zero attached hydrogens (tertiary/aromatic N) is 1. The normalized spacial score (nSPS) is 11.7. The summed E-state index contributed by atoms with van der Waals surface area (Å²) in [5.74, 6) is 0. The summed E-state index contributed by atoms with van der Waals surface area (Å²) in [6.45, 7) is 0. The van der Waals surface area contributed by atoms with Crippen LogP contribution in [0.15, 0.2) is 71.9 Å². The lowest BCUT2D eigenvalue weighted by atomic mass is 10.1. The quantitative estimate of drug-likeness (QED) is 0.578. The van der Waals surface area contributed by atoms with E-state index in [0.717, 1.165) is 17.7 Å². The second-order valence-corrected chi connectivity index (χ2v) is 4.10. The number of allylic oxidation sites excluding steroid dienone is 1. The van der Waals surface area contributed by atoms with Gasteiger partial charge in [0.25, 0.3) is 0 Å². The Balaban J connectivity index is 2.07. The standard InChI is InChI=1S/C17H17NO/c1-19-18-17(16-12-6-3-7-13-16)14-8-11-15-9-4-2-5-10-15/h2-13H,14H2,1H3/b11-8+,18-17-. The minimum absolute atomic E-state index is 0.743. The van der Waals surface area contributed by atoms with Crippen LogP contribution in [0.25, 0.3) is 6.08 Å². The summed E-state index contributed by atoms with van der Waals surface area (Å²) < 4.78 is 0. The van der Waals surface area contributed by atoms with Crippen LogP contribution in [0.1, 0.15) is 17.5 Å². The Bertz CT molecular complexity index is 544. The average molecular weight is 251 g/mol. The van der Waals surface area contributed by atoms with Crippen molar-refractivity contribution in [1.29, 1.82) is 0 Å². The molecule has 19 heavy (non-hydrogen) atoms. The van der Waals surface area contributed by atoms with E-state index in [0.29, 0.717) is 0 Å². The van der Waals surface area contributed by atoms with Gasteiger partial charge in [-0.15, -0.1) is 0 Å². The van der Waals surface area contributed by atoms with Gasteiger partial charge in [0.1, 0.15) is 7.11 Å². The summed E-state index contributed by atoms with van der Waals surface area (Å²) in [6.07, 6.45) is 4.93. The lowest BCUT2D eigenvalue weighted by molar-refractivity contribution is 0.213. The number of benzene rings is 2. The highest BCUT2D eigenvalue weighted by molar-refractivity contribution is 6.01. The van der Waals surface area contributed by atoms with E-state index in [9.17, 15) is 0 Å². The van der Waals surface area contributed by atoms with Crippen LogP contribution in [0, 0.1) is 0 Å². The molecule has 0 fully saturated rings. The van der Waals surface area contributed by atoms with Gasteiger partial charge in [0.05, 0.1) is 5.71 Å². The summed E-state index contributed by atoms with van der Waals surface area (Å²) in [6, 6.07) is 20.3. The molecule has 0 saturated heterocycles. The van der Waals surface area contributed by atoms with Crippen molar-refractivity contribution in [2.45, 2.75) is 6.42 Å². The maximum atomic E-state index is 4.92. The van der Waals surface area contributed by atoms with Gasteiger partial charge in [0.2, 0.25) is 0 Å². The molecule has 96 valence electrons. The van der Waals surface area contributed by atoms with Crippen molar-refractivity contribution < 1.29 is 4.84 Å². The van der Waals surface area contributed by atoms with Crippen molar-refractivity contribution in [3.63, 3.8) is 0 Å². The number of rotatable bonds is 5. The third kappa shape index (κ3) is 4.11. The predicted octanol–water partition coefficient (Wildman–Crippen LogP) is 4.14. The van der Waals surface area contributed by atoms with Crippen LogP contribution in [0.3, 0.4) is 0 Å². The summed E-state index contributed by atoms with van der Waals surface area (Å²) in [7, 11) is 1.57. The second-order valence-electron chi connectivity index (χ2n) is 4.10. The molecule has 0 aromatic heterocycles. The molecule has 0 unspecified atom stereocenters. The van der Waals surface area contributed by atoms with Crippen LogP contribution in [-0.2, 0) is 4.84 Å². The first-order valence-electron chi connectivity index (χ1n) is 6.27. The first-order valence-corrected chi connectivity index (χ1v) is 6.27. The van der Waals surface area contributed by atoms with Gasteiger partial charge < -0.3 is 4.84 Å². The van der Waals surface area contributed by atoms with Gasteiger partial charge in [0.15, 0.2) is 0 Å². The Hall–Kier alpha value is -2.35. The molecule has 2 rings (SSSR count). The molecule has 0 spiro atoms. The highest BCUT2D eigenvalue weighted by Crippen LogP contribution is 2.08. The van der Waals surface area contributed by atoms with Crippen LogP contribution in [0.2, 0.25) is 0 Å². The molecule has 0 amide bonds. The Morgan fingerprint density at radius 3 is 2.26 bits per heavy atom. The molecule has 0 N–H and O–H groups in total. The fourth-order valence-corrected chi connectivity index (χ4v) is 1.82. The molecule has 2 aromatic rings. The smallest absolute Gasteiger partial charge is 0.106 e. The zero-order valence-electron chi connectivity index (χ0n) is 11.0.